The summed E-state index contributed by atoms with van der Waals surface area (Å²) in [5.41, 5.74) is 9.02. The van der Waals surface area contributed by atoms with Gasteiger partial charge in [-0.1, -0.05) is 17.1 Å². The van der Waals surface area contributed by atoms with E-state index in [-0.39, 0.29) is 0 Å². The van der Waals surface area contributed by atoms with Crippen molar-refractivity contribution in [3.8, 4) is 0 Å². The first-order valence-corrected chi connectivity index (χ1v) is 6.34. The number of amidine groups is 1. The van der Waals surface area contributed by atoms with Crippen molar-refractivity contribution in [2.45, 2.75) is 26.2 Å². The Morgan fingerprint density at radius 3 is 2.94 bits per heavy atom. The predicted octanol–water partition coefficient (Wildman–Crippen LogP) is 1.97. The maximum absolute atomic E-state index is 5.94. The smallest absolute Gasteiger partial charge is 0.296 e. The Kier molecular flexibility index (Phi) is 4.23. The first-order chi connectivity index (χ1) is 8.77. The minimum absolute atomic E-state index is 0.820. The Labute approximate surface area is 108 Å². The molecule has 95 valence electrons. The van der Waals surface area contributed by atoms with E-state index in [1.54, 1.807) is 6.20 Å². The van der Waals surface area contributed by atoms with Crippen molar-refractivity contribution in [1.29, 1.82) is 0 Å². The molecule has 4 nitrogen and oxygen atoms in total. The van der Waals surface area contributed by atoms with Gasteiger partial charge in [0.05, 0.1) is 17.8 Å². The van der Waals surface area contributed by atoms with E-state index in [2.05, 4.69) is 28.6 Å². The third kappa shape index (κ3) is 3.26. The van der Waals surface area contributed by atoms with Crippen molar-refractivity contribution in [2.24, 2.45) is 0 Å². The number of rotatable bonds is 6. The molecule has 0 amide bonds. The number of aryl methyl sites for hydroxylation is 1. The quantitative estimate of drug-likeness (QED) is 0.529. The number of para-hydroxylation sites is 1. The largest absolute Gasteiger partial charge is 0.397 e. The second kappa shape index (κ2) is 6.10. The molecule has 0 unspecified atom stereocenters. The van der Waals surface area contributed by atoms with Gasteiger partial charge in [0.25, 0.3) is 5.84 Å². The number of benzene rings is 1. The highest BCUT2D eigenvalue weighted by Crippen LogP contribution is 2.22. The molecule has 0 atom stereocenters. The predicted molar refractivity (Wildman–Crippen MR) is 77.3 cm³/mol. The molecule has 4 N–H and O–H groups in total. The minimum Gasteiger partial charge on any atom is -0.397 e. The molecule has 1 heterocycles. The van der Waals surface area contributed by atoms with Crippen molar-refractivity contribution >= 4 is 17.2 Å². The summed E-state index contributed by atoms with van der Waals surface area (Å²) in [6.07, 6.45) is 6.88. The van der Waals surface area contributed by atoms with Crippen molar-refractivity contribution in [1.82, 2.24) is 10.3 Å². The molecule has 0 saturated carbocycles. The summed E-state index contributed by atoms with van der Waals surface area (Å²) < 4.78 is 0. The summed E-state index contributed by atoms with van der Waals surface area (Å²) in [4.78, 5) is 4.20. The van der Waals surface area contributed by atoms with Gasteiger partial charge in [0, 0.05) is 6.54 Å². The zero-order valence-electron chi connectivity index (χ0n) is 10.7. The van der Waals surface area contributed by atoms with E-state index in [4.69, 9.17) is 5.73 Å². The van der Waals surface area contributed by atoms with Gasteiger partial charge in [-0.2, -0.15) is 0 Å². The van der Waals surface area contributed by atoms with E-state index in [9.17, 15) is 0 Å². The first kappa shape index (κ1) is 12.5. The molecule has 1 aromatic carbocycles. The van der Waals surface area contributed by atoms with Crippen LogP contribution in [-0.2, 0) is 0 Å². The minimum atomic E-state index is 0.820. The number of hydrogen-bond acceptors (Lipinski definition) is 4. The molecule has 1 aliphatic rings. The zero-order chi connectivity index (χ0) is 12.8. The van der Waals surface area contributed by atoms with Crippen molar-refractivity contribution in [2.75, 3.05) is 17.6 Å². The van der Waals surface area contributed by atoms with E-state index >= 15 is 0 Å². The number of nitrogens with two attached hydrogens (primary N) is 1. The van der Waals surface area contributed by atoms with Gasteiger partial charge >= 0.3 is 0 Å². The summed E-state index contributed by atoms with van der Waals surface area (Å²) in [5, 5.41) is 6.52. The van der Waals surface area contributed by atoms with Crippen molar-refractivity contribution in [3.05, 3.63) is 36.2 Å². The highest BCUT2D eigenvalue weighted by Gasteiger charge is 2.10. The lowest BCUT2D eigenvalue weighted by Gasteiger charge is -2.11. The fourth-order valence-corrected chi connectivity index (χ4v) is 2.00. The van der Waals surface area contributed by atoms with Gasteiger partial charge in [-0.05, 0) is 31.4 Å². The van der Waals surface area contributed by atoms with E-state index in [1.807, 2.05) is 18.3 Å². The molecular weight excluding hydrogens is 224 g/mol. The van der Waals surface area contributed by atoms with Gasteiger partial charge in [-0.15, -0.1) is 0 Å². The fourth-order valence-electron chi connectivity index (χ4n) is 2.00. The number of aliphatic imine (C=N–C) groups is 1. The molecule has 0 fully saturated rings. The SMILES string of the molecule is Cc1cccc(N)c1NCCCCC1=[N+]C=CN1. The normalized spacial score (nSPS) is 13.3. The van der Waals surface area contributed by atoms with Gasteiger partial charge in [-0.3, -0.25) is 0 Å². The first-order valence-electron chi connectivity index (χ1n) is 6.34. The number of anilines is 2. The van der Waals surface area contributed by atoms with Gasteiger partial charge in [0.15, 0.2) is 6.20 Å². The number of unbranched alkanes of at least 4 members (excludes halogenated alkanes) is 1. The van der Waals surface area contributed by atoms with Crippen LogP contribution in [0.4, 0.5) is 11.4 Å². The Hall–Kier alpha value is -1.97. The average molecular weight is 244 g/mol. The molecule has 0 aliphatic carbocycles. The average Bonchev–Trinajstić information content (AvgIpc) is 2.85. The van der Waals surface area contributed by atoms with E-state index < -0.39 is 0 Å². The second-order valence-corrected chi connectivity index (χ2v) is 4.46. The van der Waals surface area contributed by atoms with E-state index in [0.717, 1.165) is 43.0 Å². The van der Waals surface area contributed by atoms with Crippen LogP contribution in [0.3, 0.4) is 0 Å². The van der Waals surface area contributed by atoms with Crippen molar-refractivity contribution < 1.29 is 0 Å². The summed E-state index contributed by atoms with van der Waals surface area (Å²) in [7, 11) is 0. The molecular formula is C14H20N4+. The summed E-state index contributed by atoms with van der Waals surface area (Å²) in [6.45, 7) is 3.01. The second-order valence-electron chi connectivity index (χ2n) is 4.46. The van der Waals surface area contributed by atoms with Crippen LogP contribution in [0.15, 0.2) is 30.6 Å². The van der Waals surface area contributed by atoms with Gasteiger partial charge in [0.2, 0.25) is 0 Å². The fraction of sp³-hybridized carbons (Fsp3) is 0.357. The summed E-state index contributed by atoms with van der Waals surface area (Å²) >= 11 is 0. The standard InChI is InChI=1S/C14H20N4/c1-11-5-4-6-12(15)14(11)18-8-3-2-7-13-16-9-10-17-13/h4-6,9-10,16,18H,2-3,7-8,15H2,1H3/q+1. The summed E-state index contributed by atoms with van der Waals surface area (Å²) in [6, 6.07) is 5.98. The Morgan fingerprint density at radius 2 is 2.22 bits per heavy atom. The van der Waals surface area contributed by atoms with Crippen LogP contribution in [0.25, 0.3) is 0 Å². The number of nitrogen functional groups attached to an aromatic ring is 1. The highest BCUT2D eigenvalue weighted by atomic mass is 15.0. The van der Waals surface area contributed by atoms with Crippen LogP contribution < -0.4 is 21.4 Å². The number of nitrogens with one attached hydrogen (secondary N) is 2. The zero-order valence-corrected chi connectivity index (χ0v) is 10.7. The molecule has 1 radical (unpaired) electrons. The van der Waals surface area contributed by atoms with E-state index in [0.29, 0.717) is 0 Å². The Balaban J connectivity index is 1.69. The van der Waals surface area contributed by atoms with Crippen LogP contribution in [0.1, 0.15) is 24.8 Å². The van der Waals surface area contributed by atoms with Crippen molar-refractivity contribution in [3.63, 3.8) is 0 Å². The van der Waals surface area contributed by atoms with Crippen LogP contribution in [0.2, 0.25) is 0 Å². The third-order valence-corrected chi connectivity index (χ3v) is 3.00. The summed E-state index contributed by atoms with van der Waals surface area (Å²) in [5.74, 6) is 1.06. The van der Waals surface area contributed by atoms with Gasteiger partial charge < -0.3 is 11.1 Å². The molecule has 4 heteroatoms. The van der Waals surface area contributed by atoms with Crippen LogP contribution in [-0.4, -0.2) is 12.4 Å². The monoisotopic (exact) mass is 244 g/mol. The molecule has 0 spiro atoms. The lowest BCUT2D eigenvalue weighted by Crippen LogP contribution is -2.16. The Morgan fingerprint density at radius 1 is 1.33 bits per heavy atom. The molecule has 18 heavy (non-hydrogen) atoms. The maximum atomic E-state index is 5.94. The van der Waals surface area contributed by atoms with Crippen LogP contribution in [0, 0.1) is 6.92 Å². The Bertz CT molecular complexity index is 443. The molecule has 1 aromatic rings. The van der Waals surface area contributed by atoms with Crippen LogP contribution >= 0.6 is 0 Å². The highest BCUT2D eigenvalue weighted by molar-refractivity contribution is 5.83. The molecule has 0 saturated heterocycles. The molecule has 0 aromatic heterocycles. The van der Waals surface area contributed by atoms with Gasteiger partial charge in [0.1, 0.15) is 6.20 Å². The molecule has 1 aliphatic heterocycles. The number of hydrogen-bond donors (Lipinski definition) is 3. The maximum Gasteiger partial charge on any atom is 0.296 e. The molecule has 0 bridgehead atoms. The lowest BCUT2D eigenvalue weighted by molar-refractivity contribution is 0.786. The molecule has 2 rings (SSSR count). The third-order valence-electron chi connectivity index (χ3n) is 3.00. The van der Waals surface area contributed by atoms with Gasteiger partial charge in [-0.25, -0.2) is 5.32 Å². The lowest BCUT2D eigenvalue weighted by atomic mass is 10.1. The number of nitrogens with zero attached hydrogens (tertiary/aromatic N) is 1. The van der Waals surface area contributed by atoms with E-state index in [1.165, 1.54) is 5.56 Å². The van der Waals surface area contributed by atoms with Crippen LogP contribution in [0.5, 0.6) is 0 Å². The topological polar surface area (TPSA) is 64.2 Å².